The second-order valence-corrected chi connectivity index (χ2v) is 6.00. The molecule has 0 spiro atoms. The summed E-state index contributed by atoms with van der Waals surface area (Å²) in [6.07, 6.45) is 0. The molecule has 0 aliphatic rings. The molecule has 0 amide bonds. The van der Waals surface area contributed by atoms with Crippen molar-refractivity contribution in [2.24, 2.45) is 0 Å². The maximum absolute atomic E-state index is 5.88. The summed E-state index contributed by atoms with van der Waals surface area (Å²) in [4.78, 5) is 8.73. The summed E-state index contributed by atoms with van der Waals surface area (Å²) in [7, 11) is 0. The van der Waals surface area contributed by atoms with E-state index in [4.69, 9.17) is 10.5 Å². The molecule has 2 N–H and O–H groups in total. The molecule has 0 radical (unpaired) electrons. The fourth-order valence-electron chi connectivity index (χ4n) is 1.78. The van der Waals surface area contributed by atoms with E-state index in [2.05, 4.69) is 23.0 Å². The minimum Gasteiger partial charge on any atom is -0.439 e. The van der Waals surface area contributed by atoms with Crippen molar-refractivity contribution < 1.29 is 4.74 Å². The van der Waals surface area contributed by atoms with Crippen molar-refractivity contribution in [3.63, 3.8) is 0 Å². The van der Waals surface area contributed by atoms with Gasteiger partial charge in [0.25, 0.3) is 0 Å². The van der Waals surface area contributed by atoms with Crippen molar-refractivity contribution in [2.45, 2.75) is 40.0 Å². The third kappa shape index (κ3) is 3.07. The number of anilines is 1. The molecule has 2 aromatic rings. The lowest BCUT2D eigenvalue weighted by atomic mass is 9.96. The molecule has 0 bridgehead atoms. The van der Waals surface area contributed by atoms with Crippen LogP contribution in [0.4, 0.5) is 5.82 Å². The first-order valence-corrected chi connectivity index (χ1v) is 6.66. The largest absolute Gasteiger partial charge is 0.439 e. The van der Waals surface area contributed by atoms with Crippen molar-refractivity contribution >= 4 is 5.82 Å². The van der Waals surface area contributed by atoms with Crippen LogP contribution in [0.1, 0.15) is 37.7 Å². The number of hydrogen-bond donors (Lipinski definition) is 1. The van der Waals surface area contributed by atoms with Gasteiger partial charge >= 0.3 is 0 Å². The maximum Gasteiger partial charge on any atom is 0.224 e. The zero-order valence-corrected chi connectivity index (χ0v) is 12.7. The van der Waals surface area contributed by atoms with Gasteiger partial charge in [-0.2, -0.15) is 4.98 Å². The van der Waals surface area contributed by atoms with E-state index in [1.165, 1.54) is 5.56 Å². The van der Waals surface area contributed by atoms with Crippen LogP contribution in [0, 0.1) is 13.8 Å². The summed E-state index contributed by atoms with van der Waals surface area (Å²) in [5.74, 6) is 2.38. The zero-order chi connectivity index (χ0) is 14.9. The number of rotatable bonds is 2. The normalized spacial score (nSPS) is 11.4. The van der Waals surface area contributed by atoms with E-state index in [9.17, 15) is 0 Å². The smallest absolute Gasteiger partial charge is 0.224 e. The molecule has 0 aliphatic heterocycles. The highest BCUT2D eigenvalue weighted by Gasteiger charge is 2.19. The molecule has 0 aliphatic carbocycles. The molecule has 4 heteroatoms. The molecular formula is C16H21N3O. The van der Waals surface area contributed by atoms with E-state index in [0.717, 1.165) is 11.3 Å². The predicted octanol–water partition coefficient (Wildman–Crippen LogP) is 3.77. The molecule has 1 aromatic heterocycles. The Morgan fingerprint density at radius 3 is 2.45 bits per heavy atom. The summed E-state index contributed by atoms with van der Waals surface area (Å²) in [6.45, 7) is 10.2. The summed E-state index contributed by atoms with van der Waals surface area (Å²) < 4.78 is 5.88. The Bertz CT molecular complexity index is 630. The number of aryl methyl sites for hydroxylation is 1. The Labute approximate surface area is 120 Å². The molecule has 0 saturated carbocycles. The fourth-order valence-corrected chi connectivity index (χ4v) is 1.78. The second kappa shape index (κ2) is 5.12. The van der Waals surface area contributed by atoms with Crippen LogP contribution < -0.4 is 10.5 Å². The Kier molecular flexibility index (Phi) is 3.66. The number of hydrogen-bond acceptors (Lipinski definition) is 4. The van der Waals surface area contributed by atoms with Crippen molar-refractivity contribution in [1.29, 1.82) is 0 Å². The molecule has 1 aromatic carbocycles. The Balaban J connectivity index is 2.39. The van der Waals surface area contributed by atoms with Crippen LogP contribution in [0.3, 0.4) is 0 Å². The summed E-state index contributed by atoms with van der Waals surface area (Å²) in [5.41, 5.74) is 7.96. The van der Waals surface area contributed by atoms with Crippen LogP contribution in [0.5, 0.6) is 11.6 Å². The highest BCUT2D eigenvalue weighted by Crippen LogP contribution is 2.28. The minimum absolute atomic E-state index is 0.171. The second-order valence-electron chi connectivity index (χ2n) is 6.00. The molecule has 0 fully saturated rings. The van der Waals surface area contributed by atoms with E-state index in [1.807, 2.05) is 39.8 Å². The van der Waals surface area contributed by atoms with E-state index in [0.29, 0.717) is 17.5 Å². The Morgan fingerprint density at radius 2 is 1.80 bits per heavy atom. The van der Waals surface area contributed by atoms with Crippen molar-refractivity contribution in [3.8, 4) is 11.6 Å². The highest BCUT2D eigenvalue weighted by atomic mass is 16.5. The molecule has 0 unspecified atom stereocenters. The lowest BCUT2D eigenvalue weighted by Gasteiger charge is -2.18. The number of aromatic nitrogens is 2. The van der Waals surface area contributed by atoms with Gasteiger partial charge in [-0.05, 0) is 31.0 Å². The van der Waals surface area contributed by atoms with Crippen LogP contribution in [-0.2, 0) is 5.41 Å². The van der Waals surface area contributed by atoms with Gasteiger partial charge in [0.1, 0.15) is 17.4 Å². The van der Waals surface area contributed by atoms with Gasteiger partial charge in [-0.1, -0.05) is 32.9 Å². The van der Waals surface area contributed by atoms with Gasteiger partial charge in [-0.25, -0.2) is 4.98 Å². The third-order valence-electron chi connectivity index (χ3n) is 3.16. The average molecular weight is 271 g/mol. The van der Waals surface area contributed by atoms with E-state index in [-0.39, 0.29) is 5.41 Å². The van der Waals surface area contributed by atoms with Gasteiger partial charge in [0, 0.05) is 11.5 Å². The molecule has 2 rings (SSSR count). The van der Waals surface area contributed by atoms with Crippen LogP contribution >= 0.6 is 0 Å². The predicted molar refractivity (Wildman–Crippen MR) is 81.1 cm³/mol. The van der Waals surface area contributed by atoms with Gasteiger partial charge in [-0.3, -0.25) is 0 Å². The van der Waals surface area contributed by atoms with Crippen molar-refractivity contribution in [3.05, 3.63) is 41.2 Å². The molecule has 0 atom stereocenters. The van der Waals surface area contributed by atoms with Gasteiger partial charge < -0.3 is 10.5 Å². The lowest BCUT2D eigenvalue weighted by molar-refractivity contribution is 0.443. The van der Waals surface area contributed by atoms with E-state index in [1.54, 1.807) is 6.07 Å². The van der Waals surface area contributed by atoms with Crippen LogP contribution in [-0.4, -0.2) is 9.97 Å². The van der Waals surface area contributed by atoms with Crippen LogP contribution in [0.2, 0.25) is 0 Å². The standard InChI is InChI=1S/C16H21N3O/c1-10-7-6-8-12(11(10)2)20-14-9-13(17)18-15(19-14)16(3,4)5/h6-9H,1-5H3,(H2,17,18,19). The molecule has 20 heavy (non-hydrogen) atoms. The lowest BCUT2D eigenvalue weighted by Crippen LogP contribution is -2.17. The number of nitrogen functional groups attached to an aromatic ring is 1. The summed E-state index contributed by atoms with van der Waals surface area (Å²) in [6, 6.07) is 7.60. The van der Waals surface area contributed by atoms with Crippen molar-refractivity contribution in [1.82, 2.24) is 9.97 Å². The van der Waals surface area contributed by atoms with Gasteiger partial charge in [-0.15, -0.1) is 0 Å². The first-order valence-electron chi connectivity index (χ1n) is 6.66. The molecule has 1 heterocycles. The average Bonchev–Trinajstić information content (AvgIpc) is 2.33. The summed E-state index contributed by atoms with van der Waals surface area (Å²) in [5, 5.41) is 0. The van der Waals surface area contributed by atoms with E-state index < -0.39 is 0 Å². The molecule has 106 valence electrons. The summed E-state index contributed by atoms with van der Waals surface area (Å²) >= 11 is 0. The molecular weight excluding hydrogens is 250 g/mol. The van der Waals surface area contributed by atoms with Crippen LogP contribution in [0.25, 0.3) is 0 Å². The number of ether oxygens (including phenoxy) is 1. The van der Waals surface area contributed by atoms with Gasteiger partial charge in [0.15, 0.2) is 0 Å². The third-order valence-corrected chi connectivity index (χ3v) is 3.16. The quantitative estimate of drug-likeness (QED) is 0.903. The first kappa shape index (κ1) is 14.3. The minimum atomic E-state index is -0.171. The highest BCUT2D eigenvalue weighted by molar-refractivity contribution is 5.42. The molecule has 4 nitrogen and oxygen atoms in total. The van der Waals surface area contributed by atoms with Crippen LogP contribution in [0.15, 0.2) is 24.3 Å². The van der Waals surface area contributed by atoms with Crippen molar-refractivity contribution in [2.75, 3.05) is 5.73 Å². The SMILES string of the molecule is Cc1cccc(Oc2cc(N)nc(C(C)(C)C)n2)c1C. The Hall–Kier alpha value is -2.10. The first-order chi connectivity index (χ1) is 9.27. The van der Waals surface area contributed by atoms with Gasteiger partial charge in [0.2, 0.25) is 5.88 Å². The zero-order valence-electron chi connectivity index (χ0n) is 12.7. The topological polar surface area (TPSA) is 61.0 Å². The Morgan fingerprint density at radius 1 is 1.10 bits per heavy atom. The number of benzene rings is 1. The molecule has 0 saturated heterocycles. The monoisotopic (exact) mass is 271 g/mol. The number of nitrogens with zero attached hydrogens (tertiary/aromatic N) is 2. The maximum atomic E-state index is 5.88. The van der Waals surface area contributed by atoms with Gasteiger partial charge in [0.05, 0.1) is 0 Å². The van der Waals surface area contributed by atoms with E-state index >= 15 is 0 Å². The number of nitrogens with two attached hydrogens (primary N) is 1. The fraction of sp³-hybridized carbons (Fsp3) is 0.375.